The zero-order valence-corrected chi connectivity index (χ0v) is 17.7. The number of aromatic nitrogens is 2. The molecule has 29 heavy (non-hydrogen) atoms. The van der Waals surface area contributed by atoms with Gasteiger partial charge >= 0.3 is 0 Å². The predicted octanol–water partition coefficient (Wildman–Crippen LogP) is 4.12. The molecular weight excluding hydrogens is 407 g/mol. The van der Waals surface area contributed by atoms with E-state index in [0.29, 0.717) is 22.0 Å². The number of para-hydroxylation sites is 1. The van der Waals surface area contributed by atoms with Gasteiger partial charge in [0.2, 0.25) is 5.62 Å². The third-order valence-corrected chi connectivity index (χ3v) is 6.33. The van der Waals surface area contributed by atoms with E-state index in [1.807, 2.05) is 34.9 Å². The highest BCUT2D eigenvalue weighted by Crippen LogP contribution is 2.22. The second-order valence-electron chi connectivity index (χ2n) is 7.53. The average Bonchev–Trinajstić information content (AvgIpc) is 2.74. The van der Waals surface area contributed by atoms with Crippen molar-refractivity contribution in [2.45, 2.75) is 32.4 Å². The molecular formula is C22H24Cl2N4O. The van der Waals surface area contributed by atoms with Gasteiger partial charge in [0, 0.05) is 13.1 Å². The van der Waals surface area contributed by atoms with Gasteiger partial charge in [0.1, 0.15) is 0 Å². The number of rotatable bonds is 5. The minimum Gasteiger partial charge on any atom is -0.310 e. The lowest BCUT2D eigenvalue weighted by Gasteiger charge is -2.27. The first-order valence-electron chi connectivity index (χ1n) is 9.98. The van der Waals surface area contributed by atoms with E-state index >= 15 is 0 Å². The summed E-state index contributed by atoms with van der Waals surface area (Å²) < 4.78 is 3.46. The molecule has 0 bridgehead atoms. The van der Waals surface area contributed by atoms with E-state index in [1.165, 1.54) is 23.8 Å². The van der Waals surface area contributed by atoms with Crippen LogP contribution in [0, 0.1) is 5.41 Å². The Morgan fingerprint density at radius 1 is 0.897 bits per heavy atom. The second-order valence-corrected chi connectivity index (χ2v) is 8.35. The highest BCUT2D eigenvalue weighted by atomic mass is 35.5. The number of nitrogens with one attached hydrogen (secondary N) is 1. The van der Waals surface area contributed by atoms with E-state index in [4.69, 9.17) is 28.6 Å². The van der Waals surface area contributed by atoms with Crippen LogP contribution in [0.3, 0.4) is 0 Å². The molecule has 2 heterocycles. The number of likely N-dealkylation sites (tertiary alicyclic amines) is 1. The van der Waals surface area contributed by atoms with Gasteiger partial charge in [-0.2, -0.15) is 0 Å². The molecule has 1 aliphatic rings. The standard InChI is InChI=1S/C22H24Cl2N4O/c23-18-9-8-16(14-19(18)24)15-28-21(29)17-6-2-3-7-20(17)27(22(28)25)13-12-26-10-4-1-5-11-26/h2-3,6-9,14,25H,1,4-5,10-13,15H2. The summed E-state index contributed by atoms with van der Waals surface area (Å²) in [5.74, 6) is 0. The van der Waals surface area contributed by atoms with Crippen LogP contribution in [0.4, 0.5) is 0 Å². The molecule has 0 atom stereocenters. The topological polar surface area (TPSA) is 54.0 Å². The van der Waals surface area contributed by atoms with Gasteiger partial charge in [-0.3, -0.25) is 14.8 Å². The van der Waals surface area contributed by atoms with Crippen LogP contribution in [0.2, 0.25) is 10.0 Å². The van der Waals surface area contributed by atoms with Crippen LogP contribution in [0.5, 0.6) is 0 Å². The highest BCUT2D eigenvalue weighted by Gasteiger charge is 2.14. The van der Waals surface area contributed by atoms with Crippen molar-refractivity contribution in [1.82, 2.24) is 14.0 Å². The molecule has 1 N–H and O–H groups in total. The summed E-state index contributed by atoms with van der Waals surface area (Å²) in [6.45, 7) is 4.05. The first-order valence-corrected chi connectivity index (χ1v) is 10.7. The normalized spacial score (nSPS) is 15.1. The van der Waals surface area contributed by atoms with Crippen LogP contribution in [0.1, 0.15) is 24.8 Å². The average molecular weight is 431 g/mol. The summed E-state index contributed by atoms with van der Waals surface area (Å²) >= 11 is 12.2. The monoisotopic (exact) mass is 430 g/mol. The fourth-order valence-electron chi connectivity index (χ4n) is 4.01. The van der Waals surface area contributed by atoms with Crippen molar-refractivity contribution < 1.29 is 0 Å². The van der Waals surface area contributed by atoms with E-state index in [2.05, 4.69) is 4.90 Å². The first kappa shape index (κ1) is 20.2. The van der Waals surface area contributed by atoms with Crippen LogP contribution >= 0.6 is 23.2 Å². The van der Waals surface area contributed by atoms with Crippen LogP contribution in [0.25, 0.3) is 10.9 Å². The zero-order chi connectivity index (χ0) is 20.4. The Morgan fingerprint density at radius 3 is 2.41 bits per heavy atom. The molecule has 0 amide bonds. The van der Waals surface area contributed by atoms with Crippen LogP contribution in [0.15, 0.2) is 47.3 Å². The molecule has 0 radical (unpaired) electrons. The van der Waals surface area contributed by atoms with Gasteiger partial charge in [-0.25, -0.2) is 0 Å². The molecule has 0 saturated carbocycles. The fourth-order valence-corrected chi connectivity index (χ4v) is 4.33. The largest absolute Gasteiger partial charge is 0.310 e. The first-order chi connectivity index (χ1) is 14.0. The highest BCUT2D eigenvalue weighted by molar-refractivity contribution is 6.42. The molecule has 152 valence electrons. The number of fused-ring (bicyclic) bond motifs is 1. The number of hydrogen-bond donors (Lipinski definition) is 1. The van der Waals surface area contributed by atoms with Crippen LogP contribution in [-0.2, 0) is 13.1 Å². The van der Waals surface area contributed by atoms with Gasteiger partial charge in [0.05, 0.1) is 27.5 Å². The van der Waals surface area contributed by atoms with Crippen molar-refractivity contribution >= 4 is 34.1 Å². The Kier molecular flexibility index (Phi) is 6.09. The predicted molar refractivity (Wildman–Crippen MR) is 118 cm³/mol. The van der Waals surface area contributed by atoms with Crippen molar-refractivity contribution in [3.05, 3.63) is 74.0 Å². The summed E-state index contributed by atoms with van der Waals surface area (Å²) in [6.07, 6.45) is 3.76. The molecule has 7 heteroatoms. The number of hydrogen-bond acceptors (Lipinski definition) is 3. The Labute approximate surface area is 179 Å². The maximum atomic E-state index is 13.1. The van der Waals surface area contributed by atoms with Crippen molar-refractivity contribution in [1.29, 1.82) is 5.41 Å². The zero-order valence-electron chi connectivity index (χ0n) is 16.2. The quantitative estimate of drug-likeness (QED) is 0.661. The molecule has 1 saturated heterocycles. The molecule has 5 nitrogen and oxygen atoms in total. The number of halogens is 2. The van der Waals surface area contributed by atoms with Crippen molar-refractivity contribution in [3.8, 4) is 0 Å². The SMILES string of the molecule is N=c1n(Cc2ccc(Cl)c(Cl)c2)c(=O)c2ccccc2n1CCN1CCCCC1. The molecule has 1 fully saturated rings. The minimum absolute atomic E-state index is 0.161. The van der Waals surface area contributed by atoms with Crippen molar-refractivity contribution in [3.63, 3.8) is 0 Å². The number of piperidine rings is 1. The van der Waals surface area contributed by atoms with Gasteiger partial charge in [0.25, 0.3) is 5.56 Å². The molecule has 0 spiro atoms. The molecule has 0 unspecified atom stereocenters. The number of benzene rings is 2. The van der Waals surface area contributed by atoms with E-state index in [0.717, 1.165) is 30.7 Å². The molecule has 0 aliphatic carbocycles. The van der Waals surface area contributed by atoms with Crippen molar-refractivity contribution in [2.75, 3.05) is 19.6 Å². The molecule has 3 aromatic rings. The van der Waals surface area contributed by atoms with Gasteiger partial charge in [0.15, 0.2) is 0 Å². The lowest BCUT2D eigenvalue weighted by molar-refractivity contribution is 0.219. The second kappa shape index (κ2) is 8.74. The Bertz CT molecular complexity index is 1150. The van der Waals surface area contributed by atoms with E-state index < -0.39 is 0 Å². The Balaban J connectivity index is 1.74. The summed E-state index contributed by atoms with van der Waals surface area (Å²) in [7, 11) is 0. The molecule has 2 aromatic carbocycles. The van der Waals surface area contributed by atoms with E-state index in [1.54, 1.807) is 12.1 Å². The third-order valence-electron chi connectivity index (χ3n) is 5.59. The lowest BCUT2D eigenvalue weighted by Crippen LogP contribution is -2.42. The van der Waals surface area contributed by atoms with E-state index in [-0.39, 0.29) is 17.7 Å². The van der Waals surface area contributed by atoms with Gasteiger partial charge in [-0.05, 0) is 55.8 Å². The summed E-state index contributed by atoms with van der Waals surface area (Å²) in [5, 5.41) is 10.3. The van der Waals surface area contributed by atoms with Crippen molar-refractivity contribution in [2.24, 2.45) is 0 Å². The summed E-state index contributed by atoms with van der Waals surface area (Å²) in [6, 6.07) is 12.9. The molecule has 1 aromatic heterocycles. The van der Waals surface area contributed by atoms with Gasteiger partial charge in [-0.1, -0.05) is 47.8 Å². The Morgan fingerprint density at radius 2 is 1.66 bits per heavy atom. The lowest BCUT2D eigenvalue weighted by atomic mass is 10.1. The van der Waals surface area contributed by atoms with Gasteiger partial charge in [-0.15, -0.1) is 0 Å². The molecule has 1 aliphatic heterocycles. The minimum atomic E-state index is -0.161. The Hall–Kier alpha value is -2.08. The molecule has 4 rings (SSSR count). The fraction of sp³-hybridized carbons (Fsp3) is 0.364. The maximum absolute atomic E-state index is 13.1. The van der Waals surface area contributed by atoms with Crippen LogP contribution in [-0.4, -0.2) is 33.7 Å². The maximum Gasteiger partial charge on any atom is 0.263 e. The smallest absolute Gasteiger partial charge is 0.263 e. The summed E-state index contributed by atoms with van der Waals surface area (Å²) in [4.78, 5) is 15.6. The third kappa shape index (κ3) is 4.27. The summed E-state index contributed by atoms with van der Waals surface area (Å²) in [5.41, 5.74) is 1.69. The number of nitrogens with zero attached hydrogens (tertiary/aromatic N) is 3. The van der Waals surface area contributed by atoms with E-state index in [9.17, 15) is 4.79 Å². The van der Waals surface area contributed by atoms with Crippen LogP contribution < -0.4 is 11.2 Å². The van der Waals surface area contributed by atoms with Gasteiger partial charge < -0.3 is 9.47 Å².